The number of thioether (sulfide) groups is 1. The molecule has 2 aromatic rings. The van der Waals surface area contributed by atoms with Crippen LogP contribution in [0.3, 0.4) is 0 Å². The quantitative estimate of drug-likeness (QED) is 0.592. The highest BCUT2D eigenvalue weighted by Gasteiger charge is 2.20. The first kappa shape index (κ1) is 20.4. The predicted octanol–water partition coefficient (Wildman–Crippen LogP) is 3.51. The molecule has 2 heterocycles. The lowest BCUT2D eigenvalue weighted by Gasteiger charge is -2.16. The van der Waals surface area contributed by atoms with E-state index in [0.717, 1.165) is 34.5 Å². The summed E-state index contributed by atoms with van der Waals surface area (Å²) < 4.78 is 1.99. The van der Waals surface area contributed by atoms with Gasteiger partial charge in [-0.1, -0.05) is 20.8 Å². The van der Waals surface area contributed by atoms with Gasteiger partial charge in [0.1, 0.15) is 10.9 Å². The van der Waals surface area contributed by atoms with Crippen molar-refractivity contribution in [2.24, 2.45) is 5.92 Å². The molecule has 1 amide bonds. The molecule has 0 saturated heterocycles. The SMILES string of the molecule is CSc1nc(C(C)C)nc(C)c1C(=O)NCC(C)Cn1nc(C)cc1C. The Bertz CT molecular complexity index is 784. The van der Waals surface area contributed by atoms with Crippen molar-refractivity contribution in [3.05, 3.63) is 34.5 Å². The van der Waals surface area contributed by atoms with Crippen molar-refractivity contribution < 1.29 is 4.79 Å². The van der Waals surface area contributed by atoms with Crippen LogP contribution in [0, 0.1) is 26.7 Å². The molecule has 0 fully saturated rings. The third kappa shape index (κ3) is 4.84. The van der Waals surface area contributed by atoms with Crippen LogP contribution >= 0.6 is 11.8 Å². The minimum absolute atomic E-state index is 0.109. The molecule has 1 unspecified atom stereocenters. The second-order valence-corrected chi connectivity index (χ2v) is 7.93. The Morgan fingerprint density at radius 3 is 2.46 bits per heavy atom. The molecule has 1 atom stereocenters. The lowest BCUT2D eigenvalue weighted by molar-refractivity contribution is 0.0941. The summed E-state index contributed by atoms with van der Waals surface area (Å²) in [6, 6.07) is 2.06. The van der Waals surface area contributed by atoms with Gasteiger partial charge in [0.25, 0.3) is 5.91 Å². The summed E-state index contributed by atoms with van der Waals surface area (Å²) in [5.41, 5.74) is 3.47. The van der Waals surface area contributed by atoms with Crippen molar-refractivity contribution in [2.75, 3.05) is 12.8 Å². The number of carbonyl (C=O) groups is 1. The van der Waals surface area contributed by atoms with Gasteiger partial charge in [-0.25, -0.2) is 9.97 Å². The van der Waals surface area contributed by atoms with Crippen LogP contribution in [0.1, 0.15) is 60.0 Å². The maximum atomic E-state index is 12.7. The fourth-order valence-corrected chi connectivity index (χ4v) is 3.44. The molecule has 26 heavy (non-hydrogen) atoms. The first-order chi connectivity index (χ1) is 12.2. The standard InChI is InChI=1S/C19H29N5OS/c1-11(2)17-21-15(6)16(19(22-17)26-7)18(25)20-9-12(3)10-24-14(5)8-13(4)23-24/h8,11-12H,9-10H2,1-7H3,(H,20,25). The predicted molar refractivity (Wildman–Crippen MR) is 106 cm³/mol. The van der Waals surface area contributed by atoms with Crippen LogP contribution in [-0.4, -0.2) is 38.5 Å². The van der Waals surface area contributed by atoms with Crippen LogP contribution in [0.5, 0.6) is 0 Å². The summed E-state index contributed by atoms with van der Waals surface area (Å²) in [5, 5.41) is 8.26. The van der Waals surface area contributed by atoms with Crippen LogP contribution in [-0.2, 0) is 6.54 Å². The number of aromatic nitrogens is 4. The second kappa shape index (κ2) is 8.66. The van der Waals surface area contributed by atoms with Gasteiger partial charge in [0.15, 0.2) is 0 Å². The summed E-state index contributed by atoms with van der Waals surface area (Å²) in [6.07, 6.45) is 1.94. The summed E-state index contributed by atoms with van der Waals surface area (Å²) in [7, 11) is 0. The van der Waals surface area contributed by atoms with Gasteiger partial charge in [-0.15, -0.1) is 11.8 Å². The monoisotopic (exact) mass is 375 g/mol. The van der Waals surface area contributed by atoms with Crippen molar-refractivity contribution in [2.45, 2.75) is 59.0 Å². The first-order valence-electron chi connectivity index (χ1n) is 8.94. The maximum Gasteiger partial charge on any atom is 0.255 e. The van der Waals surface area contributed by atoms with E-state index in [4.69, 9.17) is 0 Å². The molecular weight excluding hydrogens is 346 g/mol. The van der Waals surface area contributed by atoms with Gasteiger partial charge in [0.2, 0.25) is 0 Å². The highest BCUT2D eigenvalue weighted by atomic mass is 32.2. The normalized spacial score (nSPS) is 12.5. The van der Waals surface area contributed by atoms with Gasteiger partial charge < -0.3 is 5.32 Å². The zero-order valence-electron chi connectivity index (χ0n) is 16.8. The topological polar surface area (TPSA) is 72.7 Å². The molecule has 6 nitrogen and oxygen atoms in total. The molecule has 2 aromatic heterocycles. The van der Waals surface area contributed by atoms with E-state index in [9.17, 15) is 4.79 Å². The Morgan fingerprint density at radius 1 is 1.23 bits per heavy atom. The zero-order valence-corrected chi connectivity index (χ0v) is 17.6. The molecule has 0 aliphatic rings. The van der Waals surface area contributed by atoms with Crippen LogP contribution in [0.15, 0.2) is 11.1 Å². The van der Waals surface area contributed by atoms with E-state index in [1.165, 1.54) is 11.8 Å². The van der Waals surface area contributed by atoms with E-state index in [-0.39, 0.29) is 17.7 Å². The summed E-state index contributed by atoms with van der Waals surface area (Å²) >= 11 is 1.49. The molecule has 1 N–H and O–H groups in total. The fraction of sp³-hybridized carbons (Fsp3) is 0.579. The molecule has 0 spiro atoms. The van der Waals surface area contributed by atoms with Gasteiger partial charge in [-0.2, -0.15) is 5.10 Å². The molecule has 2 rings (SSSR count). The van der Waals surface area contributed by atoms with Crippen LogP contribution in [0.2, 0.25) is 0 Å². The lowest BCUT2D eigenvalue weighted by atomic mass is 10.1. The third-order valence-corrected chi connectivity index (χ3v) is 4.89. The number of carbonyl (C=O) groups excluding carboxylic acids is 1. The molecule has 0 saturated carbocycles. The van der Waals surface area contributed by atoms with Gasteiger partial charge in [-0.3, -0.25) is 9.48 Å². The lowest BCUT2D eigenvalue weighted by Crippen LogP contribution is -2.31. The van der Waals surface area contributed by atoms with E-state index >= 15 is 0 Å². The van der Waals surface area contributed by atoms with Crippen LogP contribution in [0.4, 0.5) is 0 Å². The zero-order chi connectivity index (χ0) is 19.4. The first-order valence-corrected chi connectivity index (χ1v) is 10.2. The number of amides is 1. The van der Waals surface area contributed by atoms with Crippen LogP contribution in [0.25, 0.3) is 0 Å². The Kier molecular flexibility index (Phi) is 6.81. The van der Waals surface area contributed by atoms with Crippen molar-refractivity contribution >= 4 is 17.7 Å². The number of hydrogen-bond donors (Lipinski definition) is 1. The maximum absolute atomic E-state index is 12.7. The largest absolute Gasteiger partial charge is 0.352 e. The van der Waals surface area contributed by atoms with Crippen molar-refractivity contribution in [3.63, 3.8) is 0 Å². The Labute approximate surface area is 160 Å². The number of aryl methyl sites for hydroxylation is 3. The van der Waals surface area contributed by atoms with Gasteiger partial charge in [-0.05, 0) is 39.0 Å². The molecule has 142 valence electrons. The molecule has 0 aliphatic heterocycles. The van der Waals surface area contributed by atoms with E-state index in [0.29, 0.717) is 12.1 Å². The Morgan fingerprint density at radius 2 is 1.92 bits per heavy atom. The molecule has 0 radical (unpaired) electrons. The minimum Gasteiger partial charge on any atom is -0.352 e. The van der Waals surface area contributed by atoms with E-state index in [2.05, 4.69) is 47.2 Å². The van der Waals surface area contributed by atoms with Gasteiger partial charge in [0, 0.05) is 24.7 Å². The summed E-state index contributed by atoms with van der Waals surface area (Å²) in [6.45, 7) is 13.5. The molecule has 7 heteroatoms. The smallest absolute Gasteiger partial charge is 0.255 e. The molecular formula is C19H29N5OS. The Hall–Kier alpha value is -1.89. The highest BCUT2D eigenvalue weighted by molar-refractivity contribution is 7.98. The molecule has 0 aliphatic carbocycles. The average molecular weight is 376 g/mol. The number of rotatable bonds is 7. The highest BCUT2D eigenvalue weighted by Crippen LogP contribution is 2.23. The van der Waals surface area contributed by atoms with E-state index in [1.54, 1.807) is 0 Å². The van der Waals surface area contributed by atoms with Crippen molar-refractivity contribution in [1.29, 1.82) is 0 Å². The van der Waals surface area contributed by atoms with Crippen LogP contribution < -0.4 is 5.32 Å². The van der Waals surface area contributed by atoms with Crippen molar-refractivity contribution in [3.8, 4) is 0 Å². The van der Waals surface area contributed by atoms with Gasteiger partial charge >= 0.3 is 0 Å². The fourth-order valence-electron chi connectivity index (χ4n) is 2.81. The second-order valence-electron chi connectivity index (χ2n) is 7.13. The summed E-state index contributed by atoms with van der Waals surface area (Å²) in [5.74, 6) is 1.17. The number of hydrogen-bond acceptors (Lipinski definition) is 5. The Balaban J connectivity index is 2.06. The molecule has 0 aromatic carbocycles. The van der Waals surface area contributed by atoms with E-state index < -0.39 is 0 Å². The number of nitrogens with zero attached hydrogens (tertiary/aromatic N) is 4. The number of nitrogens with one attached hydrogen (secondary N) is 1. The minimum atomic E-state index is -0.109. The third-order valence-electron chi connectivity index (χ3n) is 4.21. The van der Waals surface area contributed by atoms with Crippen molar-refractivity contribution in [1.82, 2.24) is 25.1 Å². The van der Waals surface area contributed by atoms with Gasteiger partial charge in [0.05, 0.1) is 17.0 Å². The molecule has 0 bridgehead atoms. The summed E-state index contributed by atoms with van der Waals surface area (Å²) in [4.78, 5) is 21.8. The average Bonchev–Trinajstić information content (AvgIpc) is 2.88. The van der Waals surface area contributed by atoms with E-state index in [1.807, 2.05) is 31.7 Å².